The standard InChI is InChI=1S/C30H30Cl2N2O6/c1-37-21-10-8-19(9-11-21)22(28-23(31)6-5-7-24(28)32)18-27(35)33-12-14-34(15-13-33)30(36)20-16-25(38-2)29(40-4)26(17-20)39-3/h5-11,16-18H,12-15H2,1-4H3. The maximum Gasteiger partial charge on any atom is 0.254 e. The minimum atomic E-state index is -0.207. The lowest BCUT2D eigenvalue weighted by Crippen LogP contribution is -2.50. The van der Waals surface area contributed by atoms with Gasteiger partial charge in [-0.05, 0) is 47.5 Å². The predicted octanol–water partition coefficient (Wildman–Crippen LogP) is 5.44. The van der Waals surface area contributed by atoms with Crippen molar-refractivity contribution in [3.63, 3.8) is 0 Å². The molecule has 0 atom stereocenters. The van der Waals surface area contributed by atoms with Gasteiger partial charge in [-0.25, -0.2) is 0 Å². The highest BCUT2D eigenvalue weighted by Gasteiger charge is 2.27. The summed E-state index contributed by atoms with van der Waals surface area (Å²) in [5, 5.41) is 0.867. The Balaban J connectivity index is 1.55. The number of benzene rings is 3. The number of carbonyl (C=O) groups is 2. The maximum absolute atomic E-state index is 13.5. The first-order valence-corrected chi connectivity index (χ1v) is 13.3. The van der Waals surface area contributed by atoms with E-state index in [0.29, 0.717) is 75.9 Å². The molecule has 0 spiro atoms. The van der Waals surface area contributed by atoms with Crippen LogP contribution in [0.3, 0.4) is 0 Å². The number of carbonyl (C=O) groups excluding carboxylic acids is 2. The number of ether oxygens (including phenoxy) is 4. The third kappa shape index (κ3) is 6.13. The van der Waals surface area contributed by atoms with Gasteiger partial charge in [-0.2, -0.15) is 0 Å². The van der Waals surface area contributed by atoms with E-state index >= 15 is 0 Å². The van der Waals surface area contributed by atoms with Crippen LogP contribution in [-0.4, -0.2) is 76.2 Å². The molecule has 0 saturated carbocycles. The zero-order valence-corrected chi connectivity index (χ0v) is 24.2. The average Bonchev–Trinajstić information content (AvgIpc) is 2.99. The second-order valence-corrected chi connectivity index (χ2v) is 9.73. The molecule has 0 aromatic heterocycles. The molecule has 3 aromatic rings. The average molecular weight is 585 g/mol. The van der Waals surface area contributed by atoms with Crippen LogP contribution in [0.5, 0.6) is 23.0 Å². The van der Waals surface area contributed by atoms with Crippen molar-refractivity contribution in [3.8, 4) is 23.0 Å². The molecule has 2 amide bonds. The van der Waals surface area contributed by atoms with E-state index in [4.69, 9.17) is 42.1 Å². The van der Waals surface area contributed by atoms with Gasteiger partial charge in [-0.15, -0.1) is 0 Å². The van der Waals surface area contributed by atoms with Crippen molar-refractivity contribution in [2.75, 3.05) is 54.6 Å². The molecule has 1 fully saturated rings. The van der Waals surface area contributed by atoms with Gasteiger partial charge in [0.2, 0.25) is 11.7 Å². The first kappa shape index (κ1) is 29.1. The number of piperazine rings is 1. The fourth-order valence-electron chi connectivity index (χ4n) is 4.56. The van der Waals surface area contributed by atoms with Gasteiger partial charge in [0.15, 0.2) is 11.5 Å². The highest BCUT2D eigenvalue weighted by atomic mass is 35.5. The molecule has 10 heteroatoms. The van der Waals surface area contributed by atoms with Gasteiger partial charge in [-0.1, -0.05) is 41.4 Å². The normalized spacial score (nSPS) is 13.6. The summed E-state index contributed by atoms with van der Waals surface area (Å²) >= 11 is 13.1. The molecular formula is C30H30Cl2N2O6. The molecule has 40 heavy (non-hydrogen) atoms. The van der Waals surface area contributed by atoms with Gasteiger partial charge in [0.05, 0.1) is 28.4 Å². The van der Waals surface area contributed by atoms with E-state index in [2.05, 4.69) is 0 Å². The van der Waals surface area contributed by atoms with Crippen LogP contribution in [0, 0.1) is 0 Å². The fourth-order valence-corrected chi connectivity index (χ4v) is 5.16. The van der Waals surface area contributed by atoms with Gasteiger partial charge in [0, 0.05) is 53.4 Å². The van der Waals surface area contributed by atoms with Crippen molar-refractivity contribution in [2.45, 2.75) is 0 Å². The first-order chi connectivity index (χ1) is 19.3. The molecule has 210 valence electrons. The van der Waals surface area contributed by atoms with Crippen molar-refractivity contribution in [3.05, 3.63) is 87.4 Å². The van der Waals surface area contributed by atoms with E-state index in [9.17, 15) is 9.59 Å². The first-order valence-electron chi connectivity index (χ1n) is 12.5. The summed E-state index contributed by atoms with van der Waals surface area (Å²) in [5.74, 6) is 1.50. The molecule has 0 aliphatic carbocycles. The molecule has 3 aromatic carbocycles. The topological polar surface area (TPSA) is 77.5 Å². The minimum absolute atomic E-state index is 0.191. The highest BCUT2D eigenvalue weighted by molar-refractivity contribution is 6.38. The molecule has 8 nitrogen and oxygen atoms in total. The van der Waals surface area contributed by atoms with Crippen LogP contribution in [0.4, 0.5) is 0 Å². The summed E-state index contributed by atoms with van der Waals surface area (Å²) in [7, 11) is 6.09. The van der Waals surface area contributed by atoms with Gasteiger partial charge >= 0.3 is 0 Å². The van der Waals surface area contributed by atoms with Crippen molar-refractivity contribution in [1.29, 1.82) is 0 Å². The molecule has 0 N–H and O–H groups in total. The van der Waals surface area contributed by atoms with Crippen LogP contribution in [-0.2, 0) is 4.79 Å². The fraction of sp³-hybridized carbons (Fsp3) is 0.267. The van der Waals surface area contributed by atoms with Gasteiger partial charge in [0.25, 0.3) is 5.91 Å². The number of hydrogen-bond donors (Lipinski definition) is 0. The lowest BCUT2D eigenvalue weighted by atomic mass is 9.96. The summed E-state index contributed by atoms with van der Waals surface area (Å²) in [6.07, 6.45) is 1.55. The Bertz CT molecular complexity index is 1370. The minimum Gasteiger partial charge on any atom is -0.497 e. The number of methoxy groups -OCH3 is 4. The zero-order chi connectivity index (χ0) is 28.8. The van der Waals surface area contributed by atoms with Crippen molar-refractivity contribution in [2.24, 2.45) is 0 Å². The van der Waals surface area contributed by atoms with Crippen molar-refractivity contribution in [1.82, 2.24) is 9.80 Å². The number of hydrogen-bond acceptors (Lipinski definition) is 6. The van der Waals surface area contributed by atoms with Crippen LogP contribution in [0.25, 0.3) is 5.57 Å². The Morgan fingerprint density at radius 1 is 0.725 bits per heavy atom. The third-order valence-corrected chi connectivity index (χ3v) is 7.32. The van der Waals surface area contributed by atoms with E-state index in [1.807, 2.05) is 24.3 Å². The van der Waals surface area contributed by atoms with Crippen molar-refractivity contribution < 1.29 is 28.5 Å². The second-order valence-electron chi connectivity index (χ2n) is 8.91. The molecule has 1 aliphatic rings. The Hall–Kier alpha value is -3.88. The Morgan fingerprint density at radius 3 is 1.77 bits per heavy atom. The van der Waals surface area contributed by atoms with Gasteiger partial charge in [0.1, 0.15) is 5.75 Å². The van der Waals surface area contributed by atoms with E-state index in [-0.39, 0.29) is 11.8 Å². The summed E-state index contributed by atoms with van der Waals surface area (Å²) < 4.78 is 21.4. The van der Waals surface area contributed by atoms with E-state index in [1.54, 1.807) is 53.3 Å². The Labute approximate surface area is 243 Å². The molecule has 1 aliphatic heterocycles. The van der Waals surface area contributed by atoms with E-state index < -0.39 is 0 Å². The zero-order valence-electron chi connectivity index (χ0n) is 22.7. The third-order valence-electron chi connectivity index (χ3n) is 6.69. The molecule has 0 radical (unpaired) electrons. The van der Waals surface area contributed by atoms with Crippen LogP contribution < -0.4 is 18.9 Å². The lowest BCUT2D eigenvalue weighted by molar-refractivity contribution is -0.127. The highest BCUT2D eigenvalue weighted by Crippen LogP contribution is 2.39. The lowest BCUT2D eigenvalue weighted by Gasteiger charge is -2.34. The van der Waals surface area contributed by atoms with Gasteiger partial charge in [-0.3, -0.25) is 9.59 Å². The molecule has 4 rings (SSSR count). The Kier molecular flexibility index (Phi) is 9.45. The van der Waals surface area contributed by atoms with Crippen molar-refractivity contribution >= 4 is 40.6 Å². The van der Waals surface area contributed by atoms with Crippen LogP contribution in [0.15, 0.2) is 60.7 Å². The molecule has 1 heterocycles. The quantitative estimate of drug-likeness (QED) is 0.328. The van der Waals surface area contributed by atoms with Crippen LogP contribution in [0.2, 0.25) is 10.0 Å². The van der Waals surface area contributed by atoms with Gasteiger partial charge < -0.3 is 28.7 Å². The molecule has 0 unspecified atom stereocenters. The molecular weight excluding hydrogens is 555 g/mol. The molecule has 1 saturated heterocycles. The maximum atomic E-state index is 13.5. The predicted molar refractivity (Wildman–Crippen MR) is 155 cm³/mol. The number of halogens is 2. The summed E-state index contributed by atoms with van der Waals surface area (Å²) in [4.78, 5) is 30.2. The summed E-state index contributed by atoms with van der Waals surface area (Å²) in [5.41, 5.74) is 2.34. The number of amides is 2. The monoisotopic (exact) mass is 584 g/mol. The largest absolute Gasteiger partial charge is 0.497 e. The summed E-state index contributed by atoms with van der Waals surface area (Å²) in [6.45, 7) is 1.44. The number of nitrogens with zero attached hydrogens (tertiary/aromatic N) is 2. The smallest absolute Gasteiger partial charge is 0.254 e. The second kappa shape index (κ2) is 13.0. The number of rotatable bonds is 8. The van der Waals surface area contributed by atoms with Crippen LogP contribution in [0.1, 0.15) is 21.5 Å². The van der Waals surface area contributed by atoms with Crippen LogP contribution >= 0.6 is 23.2 Å². The SMILES string of the molecule is COc1ccc(C(=CC(=O)N2CCN(C(=O)c3cc(OC)c(OC)c(OC)c3)CC2)c2c(Cl)cccc2Cl)cc1. The Morgan fingerprint density at radius 2 is 1.27 bits per heavy atom. The van der Waals surface area contributed by atoms with E-state index in [1.165, 1.54) is 21.3 Å². The molecule has 0 bridgehead atoms. The van der Waals surface area contributed by atoms with E-state index in [0.717, 1.165) is 5.56 Å². The summed E-state index contributed by atoms with van der Waals surface area (Å²) in [6, 6.07) is 15.8.